The summed E-state index contributed by atoms with van der Waals surface area (Å²) in [5, 5.41) is 0. The van der Waals surface area contributed by atoms with Gasteiger partial charge in [0.2, 0.25) is 0 Å². The number of nitrogens with zero attached hydrogens (tertiary/aromatic N) is 1. The van der Waals surface area contributed by atoms with Crippen LogP contribution in [0, 0.1) is 0 Å². The zero-order valence-electron chi connectivity index (χ0n) is 16.0. The first kappa shape index (κ1) is 21.4. The first-order valence-electron chi connectivity index (χ1n) is 9.74. The molecule has 25 heavy (non-hydrogen) atoms. The van der Waals surface area contributed by atoms with Crippen molar-refractivity contribution >= 4 is 11.4 Å². The monoisotopic (exact) mass is 341 g/mol. The standard InChI is InChI=1S/C23H34N.H2O/c1-3-4-5-6-7-8-9-16-21-24(2,22-17-12-10-13-18-22)23-19-14-11-15-20-23;/h10-15,17-20H,3-9,16,21H2,1-2H3;1H2/q+1;/p-1. The topological polar surface area (TPSA) is 30.0 Å². The lowest BCUT2D eigenvalue weighted by Gasteiger charge is -2.33. The molecule has 2 rings (SSSR count). The third-order valence-corrected chi connectivity index (χ3v) is 5.11. The van der Waals surface area contributed by atoms with Gasteiger partial charge in [-0.05, 0) is 37.1 Å². The number of unbranched alkanes of at least 4 members (excludes halogenated alkanes) is 7. The Kier molecular flexibility index (Phi) is 10.1. The van der Waals surface area contributed by atoms with Crippen molar-refractivity contribution in [3.63, 3.8) is 0 Å². The molecule has 0 aliphatic carbocycles. The van der Waals surface area contributed by atoms with Gasteiger partial charge in [0, 0.05) is 0 Å². The van der Waals surface area contributed by atoms with Gasteiger partial charge in [-0.25, -0.2) is 0 Å². The van der Waals surface area contributed by atoms with E-state index in [9.17, 15) is 0 Å². The van der Waals surface area contributed by atoms with Crippen LogP contribution in [-0.2, 0) is 0 Å². The van der Waals surface area contributed by atoms with Crippen LogP contribution in [-0.4, -0.2) is 19.1 Å². The van der Waals surface area contributed by atoms with Gasteiger partial charge in [0.1, 0.15) is 11.4 Å². The minimum absolute atomic E-state index is 0. The zero-order valence-corrected chi connectivity index (χ0v) is 16.0. The van der Waals surface area contributed by atoms with Crippen molar-refractivity contribution < 1.29 is 5.48 Å². The highest BCUT2D eigenvalue weighted by atomic mass is 16.0. The van der Waals surface area contributed by atoms with E-state index >= 15 is 0 Å². The minimum Gasteiger partial charge on any atom is -0.870 e. The second kappa shape index (κ2) is 11.8. The fourth-order valence-corrected chi connectivity index (χ4v) is 3.48. The van der Waals surface area contributed by atoms with Gasteiger partial charge in [0.25, 0.3) is 0 Å². The van der Waals surface area contributed by atoms with Gasteiger partial charge in [0.05, 0.1) is 13.6 Å². The first-order chi connectivity index (χ1) is 11.8. The summed E-state index contributed by atoms with van der Waals surface area (Å²) < 4.78 is 0.900. The normalized spacial score (nSPS) is 11.1. The number of para-hydroxylation sites is 2. The van der Waals surface area contributed by atoms with Crippen LogP contribution in [0.1, 0.15) is 58.3 Å². The van der Waals surface area contributed by atoms with Crippen molar-refractivity contribution in [2.24, 2.45) is 0 Å². The largest absolute Gasteiger partial charge is 0.870 e. The van der Waals surface area contributed by atoms with Crippen molar-refractivity contribution in [1.29, 1.82) is 0 Å². The zero-order chi connectivity index (χ0) is 17.1. The Morgan fingerprint density at radius 1 is 0.600 bits per heavy atom. The maximum atomic E-state index is 2.35. The quantitative estimate of drug-likeness (QED) is 0.322. The molecule has 0 heterocycles. The summed E-state index contributed by atoms with van der Waals surface area (Å²) in [7, 11) is 2.35. The molecule has 2 aromatic rings. The number of quaternary nitrogens is 1. The molecular formula is C23H35NO. The van der Waals surface area contributed by atoms with E-state index in [0.717, 1.165) is 4.48 Å². The average molecular weight is 342 g/mol. The number of hydrogen-bond donors (Lipinski definition) is 0. The molecular weight excluding hydrogens is 306 g/mol. The lowest BCUT2D eigenvalue weighted by molar-refractivity contribution is 0.429. The molecule has 0 radical (unpaired) electrons. The molecule has 0 aliphatic rings. The molecule has 1 N–H and O–H groups in total. The molecule has 2 heteroatoms. The van der Waals surface area contributed by atoms with Crippen LogP contribution in [0.3, 0.4) is 0 Å². The fraction of sp³-hybridized carbons (Fsp3) is 0.478. The smallest absolute Gasteiger partial charge is 0.137 e. The third kappa shape index (κ3) is 6.64. The lowest BCUT2D eigenvalue weighted by atomic mass is 10.1. The summed E-state index contributed by atoms with van der Waals surface area (Å²) in [6.07, 6.45) is 11.0. The Balaban J connectivity index is 0.00000312. The van der Waals surface area contributed by atoms with Crippen LogP contribution in [0.25, 0.3) is 0 Å². The third-order valence-electron chi connectivity index (χ3n) is 5.11. The Hall–Kier alpha value is -1.64. The molecule has 0 saturated heterocycles. The Bertz CT molecular complexity index is 513. The summed E-state index contributed by atoms with van der Waals surface area (Å²) in [4.78, 5) is 0. The molecule has 0 aromatic heterocycles. The van der Waals surface area contributed by atoms with Crippen molar-refractivity contribution in [2.45, 2.75) is 58.3 Å². The molecule has 0 bridgehead atoms. The molecule has 0 fully saturated rings. The predicted molar refractivity (Wildman–Crippen MR) is 110 cm³/mol. The summed E-state index contributed by atoms with van der Waals surface area (Å²) >= 11 is 0. The summed E-state index contributed by atoms with van der Waals surface area (Å²) in [6, 6.07) is 21.9. The molecule has 0 saturated carbocycles. The van der Waals surface area contributed by atoms with Gasteiger partial charge in [-0.3, -0.25) is 4.48 Å². The summed E-state index contributed by atoms with van der Waals surface area (Å²) in [6.45, 7) is 3.45. The molecule has 2 nitrogen and oxygen atoms in total. The van der Waals surface area contributed by atoms with Crippen LogP contribution in [0.15, 0.2) is 60.7 Å². The first-order valence-corrected chi connectivity index (χ1v) is 9.74. The van der Waals surface area contributed by atoms with Gasteiger partial charge in [0.15, 0.2) is 0 Å². The van der Waals surface area contributed by atoms with E-state index in [1.54, 1.807) is 0 Å². The van der Waals surface area contributed by atoms with Crippen LogP contribution in [0.2, 0.25) is 0 Å². The van der Waals surface area contributed by atoms with Gasteiger partial charge >= 0.3 is 0 Å². The molecule has 2 aromatic carbocycles. The number of rotatable bonds is 11. The molecule has 0 aliphatic heterocycles. The molecule has 0 unspecified atom stereocenters. The van der Waals surface area contributed by atoms with Gasteiger partial charge in [-0.2, -0.15) is 0 Å². The van der Waals surface area contributed by atoms with Gasteiger partial charge in [-0.15, -0.1) is 0 Å². The Morgan fingerprint density at radius 2 is 1.00 bits per heavy atom. The SMILES string of the molecule is CCCCCCCCCC[N+](C)(c1ccccc1)c1ccccc1.[OH-]. The summed E-state index contributed by atoms with van der Waals surface area (Å²) in [5.74, 6) is 0. The van der Waals surface area contributed by atoms with Crippen molar-refractivity contribution in [3.05, 3.63) is 60.7 Å². The van der Waals surface area contributed by atoms with Crippen LogP contribution >= 0.6 is 0 Å². The second-order valence-electron chi connectivity index (χ2n) is 7.06. The fourth-order valence-electron chi connectivity index (χ4n) is 3.48. The Morgan fingerprint density at radius 3 is 1.44 bits per heavy atom. The molecule has 0 atom stereocenters. The van der Waals surface area contributed by atoms with E-state index < -0.39 is 0 Å². The highest BCUT2D eigenvalue weighted by molar-refractivity contribution is 5.57. The van der Waals surface area contributed by atoms with Crippen LogP contribution in [0.4, 0.5) is 11.4 Å². The van der Waals surface area contributed by atoms with E-state index in [2.05, 4.69) is 74.6 Å². The minimum atomic E-state index is 0. The highest BCUT2D eigenvalue weighted by Gasteiger charge is 2.27. The van der Waals surface area contributed by atoms with Gasteiger partial charge < -0.3 is 5.48 Å². The van der Waals surface area contributed by atoms with E-state index in [1.165, 1.54) is 69.3 Å². The predicted octanol–water partition coefficient (Wildman–Crippen LogP) is 6.92. The van der Waals surface area contributed by atoms with Crippen LogP contribution < -0.4 is 4.48 Å². The number of hydrogen-bond acceptors (Lipinski definition) is 1. The molecule has 0 amide bonds. The second-order valence-corrected chi connectivity index (χ2v) is 7.06. The van der Waals surface area contributed by atoms with E-state index in [1.807, 2.05) is 0 Å². The molecule has 0 spiro atoms. The van der Waals surface area contributed by atoms with E-state index in [4.69, 9.17) is 0 Å². The number of benzene rings is 2. The Labute approximate surface area is 154 Å². The van der Waals surface area contributed by atoms with Crippen molar-refractivity contribution in [1.82, 2.24) is 4.48 Å². The van der Waals surface area contributed by atoms with Crippen LogP contribution in [0.5, 0.6) is 0 Å². The molecule has 138 valence electrons. The van der Waals surface area contributed by atoms with Gasteiger partial charge in [-0.1, -0.05) is 81.8 Å². The van der Waals surface area contributed by atoms with Crippen molar-refractivity contribution in [2.75, 3.05) is 13.6 Å². The van der Waals surface area contributed by atoms with E-state index in [0.29, 0.717) is 0 Å². The summed E-state index contributed by atoms with van der Waals surface area (Å²) in [5.41, 5.74) is 2.76. The highest BCUT2D eigenvalue weighted by Crippen LogP contribution is 2.32. The lowest BCUT2D eigenvalue weighted by Crippen LogP contribution is -2.40. The maximum absolute atomic E-state index is 2.35. The average Bonchev–Trinajstić information content (AvgIpc) is 2.65. The van der Waals surface area contributed by atoms with E-state index in [-0.39, 0.29) is 5.48 Å². The maximum Gasteiger partial charge on any atom is 0.137 e. The van der Waals surface area contributed by atoms with Crippen molar-refractivity contribution in [3.8, 4) is 0 Å².